The number of phenols is 2. The number of benzene rings is 1. The second-order valence-electron chi connectivity index (χ2n) is 5.35. The fourth-order valence-corrected chi connectivity index (χ4v) is 2.29. The second-order valence-corrected chi connectivity index (χ2v) is 5.35. The van der Waals surface area contributed by atoms with E-state index in [1.54, 1.807) is 0 Å². The first-order chi connectivity index (χ1) is 10.7. The Morgan fingerprint density at radius 2 is 1.87 bits per heavy atom. The summed E-state index contributed by atoms with van der Waals surface area (Å²) < 4.78 is 4.94. The minimum absolute atomic E-state index is 0.124. The predicted octanol–water partition coefficient (Wildman–Crippen LogP) is 1.41. The van der Waals surface area contributed by atoms with E-state index >= 15 is 0 Å². The van der Waals surface area contributed by atoms with E-state index in [9.17, 15) is 29.7 Å². The monoisotopic (exact) mass is 320 g/mol. The molecule has 3 N–H and O–H groups in total. The van der Waals surface area contributed by atoms with Crippen molar-refractivity contribution in [2.75, 3.05) is 0 Å². The van der Waals surface area contributed by atoms with Crippen molar-refractivity contribution < 1.29 is 29.3 Å². The molecule has 122 valence electrons. The van der Waals surface area contributed by atoms with Crippen molar-refractivity contribution in [1.29, 1.82) is 0 Å². The van der Waals surface area contributed by atoms with E-state index in [-0.39, 0.29) is 27.7 Å². The third-order valence-electron chi connectivity index (χ3n) is 3.95. The van der Waals surface area contributed by atoms with Crippen LogP contribution in [0.25, 0.3) is 11.0 Å². The lowest BCUT2D eigenvalue weighted by molar-refractivity contribution is -0.118. The summed E-state index contributed by atoms with van der Waals surface area (Å²) >= 11 is 0. The molecular formula is C16H16O7. The lowest BCUT2D eigenvalue weighted by atomic mass is 9.95. The number of aromatic hydroxyl groups is 2. The van der Waals surface area contributed by atoms with Crippen LogP contribution < -0.4 is 5.63 Å². The van der Waals surface area contributed by atoms with Gasteiger partial charge < -0.3 is 19.7 Å². The van der Waals surface area contributed by atoms with Crippen LogP contribution in [-0.2, 0) is 11.4 Å². The van der Waals surface area contributed by atoms with Crippen LogP contribution in [0.15, 0.2) is 15.3 Å². The maximum absolute atomic E-state index is 12.2. The van der Waals surface area contributed by atoms with Crippen LogP contribution in [0.3, 0.4) is 0 Å². The molecule has 0 aliphatic heterocycles. The normalized spacial score (nSPS) is 12.3. The molecule has 7 heteroatoms. The highest BCUT2D eigenvalue weighted by Crippen LogP contribution is 2.39. The number of carbonyl (C=O) groups excluding carboxylic acids is 2. The van der Waals surface area contributed by atoms with Gasteiger partial charge in [-0.05, 0) is 32.4 Å². The van der Waals surface area contributed by atoms with Gasteiger partial charge in [-0.25, -0.2) is 4.79 Å². The van der Waals surface area contributed by atoms with E-state index in [4.69, 9.17) is 4.42 Å². The first-order valence-electron chi connectivity index (χ1n) is 6.87. The Kier molecular flexibility index (Phi) is 4.24. The number of Topliss-reactive ketones (excluding diaryl/α,β-unsaturated/α-hetero) is 2. The smallest absolute Gasteiger partial charge is 0.347 e. The van der Waals surface area contributed by atoms with Gasteiger partial charge >= 0.3 is 5.63 Å². The molecule has 0 bridgehead atoms. The molecule has 0 aliphatic rings. The number of hydrogen-bond donors (Lipinski definition) is 3. The molecule has 0 radical (unpaired) electrons. The number of aliphatic hydroxyl groups excluding tert-OH is 1. The number of aliphatic hydroxyl groups is 1. The van der Waals surface area contributed by atoms with Crippen LogP contribution in [0.1, 0.15) is 35.3 Å². The molecule has 1 heterocycles. The van der Waals surface area contributed by atoms with Crippen LogP contribution in [-0.4, -0.2) is 26.9 Å². The summed E-state index contributed by atoms with van der Waals surface area (Å²) in [6.07, 6.45) is 0. The predicted molar refractivity (Wildman–Crippen MR) is 80.6 cm³/mol. The minimum atomic E-state index is -1.03. The lowest BCUT2D eigenvalue weighted by Crippen LogP contribution is -2.24. The van der Waals surface area contributed by atoms with Gasteiger partial charge in [0.15, 0.2) is 17.1 Å². The average Bonchev–Trinajstić information content (AvgIpc) is 2.52. The maximum atomic E-state index is 12.2. The Morgan fingerprint density at radius 3 is 2.39 bits per heavy atom. The van der Waals surface area contributed by atoms with Crippen LogP contribution in [0, 0.1) is 12.8 Å². The molecule has 0 fully saturated rings. The van der Waals surface area contributed by atoms with E-state index in [1.165, 1.54) is 26.8 Å². The Hall–Kier alpha value is -2.67. The summed E-state index contributed by atoms with van der Waals surface area (Å²) in [5.74, 6) is -3.28. The Morgan fingerprint density at radius 1 is 1.26 bits per heavy atom. The number of fused-ring (bicyclic) bond motifs is 1. The molecule has 0 saturated heterocycles. The van der Waals surface area contributed by atoms with Crippen molar-refractivity contribution >= 4 is 22.5 Å². The highest BCUT2D eigenvalue weighted by molar-refractivity contribution is 6.10. The molecule has 7 nitrogen and oxygen atoms in total. The zero-order chi connectivity index (χ0) is 17.5. The number of hydrogen-bond acceptors (Lipinski definition) is 7. The van der Waals surface area contributed by atoms with Crippen LogP contribution in [0.2, 0.25) is 0 Å². The molecule has 23 heavy (non-hydrogen) atoms. The number of carbonyl (C=O) groups is 2. The highest BCUT2D eigenvalue weighted by Gasteiger charge is 2.26. The Bertz CT molecular complexity index is 876. The molecular weight excluding hydrogens is 304 g/mol. The molecule has 1 atom stereocenters. The topological polar surface area (TPSA) is 125 Å². The van der Waals surface area contributed by atoms with Gasteiger partial charge in [-0.15, -0.1) is 0 Å². The van der Waals surface area contributed by atoms with Crippen molar-refractivity contribution in [3.05, 3.63) is 33.2 Å². The first kappa shape index (κ1) is 16.7. The van der Waals surface area contributed by atoms with Gasteiger partial charge in [0.2, 0.25) is 5.75 Å². The lowest BCUT2D eigenvalue weighted by Gasteiger charge is -2.13. The third-order valence-corrected chi connectivity index (χ3v) is 3.95. The summed E-state index contributed by atoms with van der Waals surface area (Å²) in [4.78, 5) is 35.6. The number of rotatable bonds is 4. The fraction of sp³-hybridized carbons (Fsp3) is 0.312. The molecule has 2 rings (SSSR count). The van der Waals surface area contributed by atoms with Gasteiger partial charge in [0, 0.05) is 10.9 Å². The molecule has 0 saturated carbocycles. The van der Waals surface area contributed by atoms with Crippen LogP contribution >= 0.6 is 0 Å². The third kappa shape index (κ3) is 2.59. The Labute approximate surface area is 130 Å². The Balaban J connectivity index is 2.85. The quantitative estimate of drug-likeness (QED) is 0.336. The van der Waals surface area contributed by atoms with Gasteiger partial charge in [0.05, 0.1) is 12.5 Å². The molecule has 0 spiro atoms. The van der Waals surface area contributed by atoms with E-state index in [0.29, 0.717) is 0 Å². The van der Waals surface area contributed by atoms with Gasteiger partial charge in [-0.3, -0.25) is 9.59 Å². The first-order valence-corrected chi connectivity index (χ1v) is 6.87. The molecule has 1 aromatic heterocycles. The van der Waals surface area contributed by atoms with E-state index in [1.807, 2.05) is 0 Å². The van der Waals surface area contributed by atoms with Gasteiger partial charge in [-0.1, -0.05) is 0 Å². The van der Waals surface area contributed by atoms with Crippen molar-refractivity contribution in [3.8, 4) is 11.5 Å². The number of ketones is 2. The molecule has 0 unspecified atom stereocenters. The number of phenolic OH excluding ortho intramolecular Hbond substituents is 2. The average molecular weight is 320 g/mol. The minimum Gasteiger partial charge on any atom is -0.504 e. The largest absolute Gasteiger partial charge is 0.504 e. The fourth-order valence-electron chi connectivity index (χ4n) is 2.29. The van der Waals surface area contributed by atoms with E-state index in [0.717, 1.165) is 0 Å². The summed E-state index contributed by atoms with van der Waals surface area (Å²) in [7, 11) is 0. The summed E-state index contributed by atoms with van der Waals surface area (Å²) in [5.41, 5.74) is -1.29. The van der Waals surface area contributed by atoms with E-state index < -0.39 is 41.2 Å². The van der Waals surface area contributed by atoms with Crippen molar-refractivity contribution in [2.24, 2.45) is 5.92 Å². The SMILES string of the molecule is CC(=O)[C@@H](C)C(=O)c1cc2c(CO)c(C)c(O)c(O)c2oc1=O. The zero-order valence-electron chi connectivity index (χ0n) is 12.8. The van der Waals surface area contributed by atoms with Crippen molar-refractivity contribution in [2.45, 2.75) is 27.4 Å². The zero-order valence-corrected chi connectivity index (χ0v) is 12.8. The van der Waals surface area contributed by atoms with Crippen LogP contribution in [0.4, 0.5) is 0 Å². The standard InChI is InChI=1S/C16H16O7/c1-6(8(3)18)12(19)10-4-9-11(5-17)7(2)13(20)14(21)15(9)23-16(10)22/h4,6,17,20-21H,5H2,1-3H3/t6-/m1/s1. The molecule has 0 aliphatic carbocycles. The molecule has 1 aromatic carbocycles. The van der Waals surface area contributed by atoms with Crippen LogP contribution in [0.5, 0.6) is 11.5 Å². The highest BCUT2D eigenvalue weighted by atomic mass is 16.4. The van der Waals surface area contributed by atoms with Crippen molar-refractivity contribution in [3.63, 3.8) is 0 Å². The van der Waals surface area contributed by atoms with Gasteiger partial charge in [-0.2, -0.15) is 0 Å². The summed E-state index contributed by atoms with van der Waals surface area (Å²) in [6, 6.07) is 1.17. The van der Waals surface area contributed by atoms with Gasteiger partial charge in [0.1, 0.15) is 11.3 Å². The van der Waals surface area contributed by atoms with Gasteiger partial charge in [0.25, 0.3) is 0 Å². The molecule has 2 aromatic rings. The summed E-state index contributed by atoms with van der Waals surface area (Å²) in [5, 5.41) is 29.3. The van der Waals surface area contributed by atoms with E-state index in [2.05, 4.69) is 0 Å². The second kappa shape index (κ2) is 5.85. The maximum Gasteiger partial charge on any atom is 0.347 e. The van der Waals surface area contributed by atoms with Crippen molar-refractivity contribution in [1.82, 2.24) is 0 Å². The molecule has 0 amide bonds. The summed E-state index contributed by atoms with van der Waals surface area (Å²) in [6.45, 7) is 3.57.